The fourth-order valence-corrected chi connectivity index (χ4v) is 6.64. The first-order valence-corrected chi connectivity index (χ1v) is 15.8. The van der Waals surface area contributed by atoms with Crippen molar-refractivity contribution in [2.24, 2.45) is 0 Å². The number of carbonyl (C=O) groups is 1. The van der Waals surface area contributed by atoms with Crippen LogP contribution in [0.25, 0.3) is 11.3 Å². The maximum Gasteiger partial charge on any atom is 0.416 e. The number of aliphatic hydroxyl groups is 1. The molecule has 14 heteroatoms. The number of anilines is 2. The molecular formula is C29H35F3N6O4S. The molecule has 2 aliphatic heterocycles. The van der Waals surface area contributed by atoms with Crippen LogP contribution >= 0.6 is 0 Å². The van der Waals surface area contributed by atoms with Gasteiger partial charge in [-0.05, 0) is 31.2 Å². The van der Waals surface area contributed by atoms with Crippen LogP contribution in [-0.2, 0) is 35.7 Å². The number of nitrogens with zero attached hydrogens (tertiary/aromatic N) is 5. The van der Waals surface area contributed by atoms with Crippen molar-refractivity contribution in [1.29, 1.82) is 0 Å². The lowest BCUT2D eigenvalue weighted by atomic mass is 10.0. The van der Waals surface area contributed by atoms with Gasteiger partial charge in [-0.15, -0.1) is 0 Å². The van der Waals surface area contributed by atoms with Crippen LogP contribution in [0.3, 0.4) is 0 Å². The molecule has 0 radical (unpaired) electrons. The van der Waals surface area contributed by atoms with Gasteiger partial charge in [-0.25, -0.2) is 8.42 Å². The average molecular weight is 621 g/mol. The quantitative estimate of drug-likeness (QED) is 0.291. The molecule has 10 nitrogen and oxygen atoms in total. The van der Waals surface area contributed by atoms with Gasteiger partial charge in [0.25, 0.3) is 0 Å². The Kier molecular flexibility index (Phi) is 8.58. The number of hydrogen-bond acceptors (Lipinski definition) is 8. The monoisotopic (exact) mass is 620 g/mol. The first-order valence-electron chi connectivity index (χ1n) is 14.0. The number of fused-ring (bicyclic) bond motifs is 1. The summed E-state index contributed by atoms with van der Waals surface area (Å²) in [7, 11) is -3.50. The van der Waals surface area contributed by atoms with E-state index in [1.165, 1.54) is 23.4 Å². The molecule has 0 aliphatic carbocycles. The van der Waals surface area contributed by atoms with E-state index in [1.807, 2.05) is 0 Å². The van der Waals surface area contributed by atoms with E-state index < -0.39 is 27.9 Å². The fraction of sp³-hybridized carbons (Fsp3) is 0.448. The van der Waals surface area contributed by atoms with Crippen LogP contribution in [0.2, 0.25) is 0 Å². The van der Waals surface area contributed by atoms with E-state index in [4.69, 9.17) is 5.73 Å². The van der Waals surface area contributed by atoms with Crippen LogP contribution in [0, 0.1) is 0 Å². The van der Waals surface area contributed by atoms with E-state index in [-0.39, 0.29) is 25.4 Å². The van der Waals surface area contributed by atoms with Gasteiger partial charge in [-0.2, -0.15) is 22.6 Å². The van der Waals surface area contributed by atoms with Crippen molar-refractivity contribution in [3.8, 4) is 11.3 Å². The number of sulfonamides is 1. The summed E-state index contributed by atoms with van der Waals surface area (Å²) in [6.45, 7) is 4.83. The summed E-state index contributed by atoms with van der Waals surface area (Å²) in [5.41, 5.74) is 9.50. The first kappa shape index (κ1) is 31.0. The van der Waals surface area contributed by atoms with Crippen molar-refractivity contribution in [2.75, 3.05) is 56.2 Å². The maximum atomic E-state index is 13.1. The van der Waals surface area contributed by atoms with Crippen LogP contribution in [0.1, 0.15) is 34.1 Å². The number of aromatic nitrogens is 2. The second kappa shape index (κ2) is 11.9. The highest BCUT2D eigenvalue weighted by atomic mass is 32.2. The number of rotatable bonds is 8. The first-order chi connectivity index (χ1) is 20.2. The Balaban J connectivity index is 1.31. The zero-order valence-corrected chi connectivity index (χ0v) is 24.8. The molecule has 1 fully saturated rings. The number of ketones is 1. The van der Waals surface area contributed by atoms with Gasteiger partial charge in [-0.3, -0.25) is 14.4 Å². The minimum atomic E-state index is -4.48. The second-order valence-corrected chi connectivity index (χ2v) is 13.1. The molecule has 232 valence electrons. The highest BCUT2D eigenvalue weighted by Crippen LogP contribution is 2.35. The van der Waals surface area contributed by atoms with Crippen LogP contribution in [0.5, 0.6) is 0 Å². The van der Waals surface area contributed by atoms with E-state index in [0.29, 0.717) is 67.2 Å². The lowest BCUT2D eigenvalue weighted by Gasteiger charge is -2.38. The van der Waals surface area contributed by atoms with Crippen molar-refractivity contribution >= 4 is 27.2 Å². The molecule has 5 rings (SSSR count). The minimum Gasteiger partial charge on any atom is -0.397 e. The Hall–Kier alpha value is -3.46. The zero-order chi connectivity index (χ0) is 31.1. The lowest BCUT2D eigenvalue weighted by molar-refractivity contribution is -0.137. The largest absolute Gasteiger partial charge is 0.416 e. The summed E-state index contributed by atoms with van der Waals surface area (Å²) in [6, 6.07) is 9.94. The summed E-state index contributed by atoms with van der Waals surface area (Å²) in [5.74, 6) is -0.0574. The molecule has 0 bridgehead atoms. The predicted octanol–water partition coefficient (Wildman–Crippen LogP) is 2.85. The molecular weight excluding hydrogens is 585 g/mol. The SMILES string of the molecule is CC(=O)c1cccc(N)c1N1CCN(CC(O)Cn2nc(-c3ccc(C(F)(F)F)cc3)c3c2CCN(S(C)(=O)=O)C3)CC1. The molecule has 1 saturated heterocycles. The molecule has 1 atom stereocenters. The summed E-state index contributed by atoms with van der Waals surface area (Å²) in [5, 5.41) is 15.7. The summed E-state index contributed by atoms with van der Waals surface area (Å²) in [6.07, 6.45) is -3.81. The molecule has 0 spiro atoms. The third-order valence-electron chi connectivity index (χ3n) is 8.04. The number of benzene rings is 2. The topological polar surface area (TPSA) is 125 Å². The molecule has 3 N–H and O–H groups in total. The maximum absolute atomic E-state index is 13.1. The van der Waals surface area contributed by atoms with E-state index in [2.05, 4.69) is 14.9 Å². The summed E-state index contributed by atoms with van der Waals surface area (Å²) < 4.78 is 67.0. The number of Topliss-reactive ketones (excluding diaryl/α,β-unsaturated/α-hetero) is 1. The smallest absolute Gasteiger partial charge is 0.397 e. The Morgan fingerprint density at radius 3 is 2.33 bits per heavy atom. The molecule has 2 aromatic carbocycles. The van der Waals surface area contributed by atoms with Gasteiger partial charge in [0, 0.05) is 74.6 Å². The Labute approximate surface area is 248 Å². The summed E-state index contributed by atoms with van der Waals surface area (Å²) >= 11 is 0. The highest BCUT2D eigenvalue weighted by molar-refractivity contribution is 7.88. The zero-order valence-electron chi connectivity index (χ0n) is 24.0. The average Bonchev–Trinajstić information content (AvgIpc) is 3.30. The lowest BCUT2D eigenvalue weighted by Crippen LogP contribution is -2.49. The van der Waals surface area contributed by atoms with E-state index in [1.54, 1.807) is 22.9 Å². The molecule has 2 aliphatic rings. The number of nitrogens with two attached hydrogens (primary N) is 1. The van der Waals surface area contributed by atoms with Crippen molar-refractivity contribution in [2.45, 2.75) is 38.7 Å². The number of hydrogen-bond donors (Lipinski definition) is 2. The molecule has 3 heterocycles. The number of β-amino-alcohol motifs (C(OH)–C–C–N with tert-alkyl or cyclic N) is 1. The third-order valence-corrected chi connectivity index (χ3v) is 9.29. The Bertz CT molecular complexity index is 1600. The van der Waals surface area contributed by atoms with Gasteiger partial charge < -0.3 is 15.7 Å². The van der Waals surface area contributed by atoms with Crippen molar-refractivity contribution in [3.05, 3.63) is 64.8 Å². The molecule has 3 aromatic rings. The van der Waals surface area contributed by atoms with E-state index in [9.17, 15) is 31.5 Å². The van der Waals surface area contributed by atoms with Gasteiger partial charge >= 0.3 is 6.18 Å². The molecule has 43 heavy (non-hydrogen) atoms. The third kappa shape index (κ3) is 6.71. The molecule has 0 amide bonds. The number of para-hydroxylation sites is 1. The van der Waals surface area contributed by atoms with Crippen molar-refractivity contribution in [3.63, 3.8) is 0 Å². The number of nitrogen functional groups attached to an aromatic ring is 1. The molecule has 0 saturated carbocycles. The van der Waals surface area contributed by atoms with Crippen LogP contribution in [0.4, 0.5) is 24.5 Å². The van der Waals surface area contributed by atoms with E-state index >= 15 is 0 Å². The number of alkyl halides is 3. The fourth-order valence-electron chi connectivity index (χ4n) is 5.86. The predicted molar refractivity (Wildman–Crippen MR) is 157 cm³/mol. The standard InChI is InChI=1S/C29H35F3N6O4S/c1-19(39)23-4-3-5-25(33)28(23)36-14-12-35(13-15-36)16-22(40)17-38-26-10-11-37(43(2,41)42)18-24(26)27(34-38)20-6-8-21(9-7-20)29(30,31)32/h3-9,22,40H,10-18,33H2,1-2H3. The summed E-state index contributed by atoms with van der Waals surface area (Å²) in [4.78, 5) is 16.4. The van der Waals surface area contributed by atoms with Crippen LogP contribution in [0.15, 0.2) is 42.5 Å². The number of aliphatic hydroxyl groups excluding tert-OH is 1. The number of piperazine rings is 1. The van der Waals surface area contributed by atoms with Gasteiger partial charge in [-0.1, -0.05) is 18.2 Å². The van der Waals surface area contributed by atoms with Crippen molar-refractivity contribution in [1.82, 2.24) is 19.0 Å². The number of halogens is 3. The van der Waals surface area contributed by atoms with Gasteiger partial charge in [0.2, 0.25) is 10.0 Å². The number of carbonyl (C=O) groups excluding carboxylic acids is 1. The normalized spacial score (nSPS) is 17.6. The second-order valence-electron chi connectivity index (χ2n) is 11.1. The molecule has 1 aromatic heterocycles. The van der Waals surface area contributed by atoms with Gasteiger partial charge in [0.05, 0.1) is 41.5 Å². The Morgan fingerprint density at radius 1 is 1.05 bits per heavy atom. The van der Waals surface area contributed by atoms with Crippen LogP contribution in [-0.4, -0.2) is 89.9 Å². The van der Waals surface area contributed by atoms with Gasteiger partial charge in [0.15, 0.2) is 5.78 Å². The van der Waals surface area contributed by atoms with Crippen LogP contribution < -0.4 is 10.6 Å². The minimum absolute atomic E-state index is 0.0491. The van der Waals surface area contributed by atoms with Crippen molar-refractivity contribution < 1.29 is 31.5 Å². The molecule has 1 unspecified atom stereocenters. The van der Waals surface area contributed by atoms with E-state index in [0.717, 1.165) is 29.8 Å². The van der Waals surface area contributed by atoms with Gasteiger partial charge in [0.1, 0.15) is 0 Å². The highest BCUT2D eigenvalue weighted by Gasteiger charge is 2.33. The Morgan fingerprint density at radius 2 is 1.72 bits per heavy atom.